The van der Waals surface area contributed by atoms with Crippen LogP contribution in [0.25, 0.3) is 0 Å². The van der Waals surface area contributed by atoms with Crippen LogP contribution < -0.4 is 5.32 Å². The molecule has 4 nitrogen and oxygen atoms in total. The predicted octanol–water partition coefficient (Wildman–Crippen LogP) is 2.45. The Morgan fingerprint density at radius 1 is 1.35 bits per heavy atom. The summed E-state index contributed by atoms with van der Waals surface area (Å²) in [6.45, 7) is 2.77. The van der Waals surface area contributed by atoms with Gasteiger partial charge in [-0.05, 0) is 66.2 Å². The summed E-state index contributed by atoms with van der Waals surface area (Å²) in [6.07, 6.45) is 6.59. The summed E-state index contributed by atoms with van der Waals surface area (Å²) >= 11 is 3.36. The standard InChI is InChI=1S/C15H20BrN3O/c16-12-5-6-14(18-8-12)15(20)19(9-11-3-4-11)10-13-2-1-7-17-13/h5-6,8,11,13,17H,1-4,7,9-10H2. The number of carbonyl (C=O) groups is 1. The van der Waals surface area contributed by atoms with Gasteiger partial charge >= 0.3 is 0 Å². The van der Waals surface area contributed by atoms with Gasteiger partial charge in [0.05, 0.1) is 0 Å². The van der Waals surface area contributed by atoms with E-state index in [9.17, 15) is 4.79 Å². The van der Waals surface area contributed by atoms with E-state index in [1.165, 1.54) is 25.7 Å². The van der Waals surface area contributed by atoms with E-state index >= 15 is 0 Å². The van der Waals surface area contributed by atoms with E-state index in [0.29, 0.717) is 17.7 Å². The molecular weight excluding hydrogens is 318 g/mol. The first kappa shape index (κ1) is 14.0. The van der Waals surface area contributed by atoms with Crippen LogP contribution >= 0.6 is 15.9 Å². The average Bonchev–Trinajstić information content (AvgIpc) is 3.12. The molecule has 1 amide bonds. The second-order valence-electron chi connectivity index (χ2n) is 5.81. The molecule has 3 rings (SSSR count). The molecule has 1 atom stereocenters. The Kier molecular flexibility index (Phi) is 4.36. The van der Waals surface area contributed by atoms with Crippen molar-refractivity contribution in [1.82, 2.24) is 15.2 Å². The van der Waals surface area contributed by atoms with Gasteiger partial charge < -0.3 is 10.2 Å². The lowest BCUT2D eigenvalue weighted by atomic mass is 10.2. The fourth-order valence-corrected chi connectivity index (χ4v) is 2.93. The van der Waals surface area contributed by atoms with E-state index in [1.807, 2.05) is 11.0 Å². The number of nitrogens with one attached hydrogen (secondary N) is 1. The van der Waals surface area contributed by atoms with Crippen molar-refractivity contribution in [2.45, 2.75) is 31.7 Å². The maximum atomic E-state index is 12.6. The first-order valence-corrected chi connectivity index (χ1v) is 8.16. The van der Waals surface area contributed by atoms with Gasteiger partial charge in [-0.1, -0.05) is 0 Å². The van der Waals surface area contributed by atoms with Crippen LogP contribution in [0.5, 0.6) is 0 Å². The molecule has 1 saturated carbocycles. The Bertz CT molecular complexity index is 467. The Morgan fingerprint density at radius 2 is 2.20 bits per heavy atom. The van der Waals surface area contributed by atoms with Crippen molar-refractivity contribution in [3.8, 4) is 0 Å². The van der Waals surface area contributed by atoms with Crippen molar-refractivity contribution in [3.05, 3.63) is 28.5 Å². The van der Waals surface area contributed by atoms with Crippen molar-refractivity contribution in [3.63, 3.8) is 0 Å². The molecule has 1 aromatic rings. The van der Waals surface area contributed by atoms with Crippen molar-refractivity contribution < 1.29 is 4.79 Å². The summed E-state index contributed by atoms with van der Waals surface area (Å²) in [6, 6.07) is 4.13. The molecule has 1 aliphatic heterocycles. The van der Waals surface area contributed by atoms with Gasteiger partial charge in [-0.25, -0.2) is 4.98 Å². The third-order valence-electron chi connectivity index (χ3n) is 4.01. The number of nitrogens with zero attached hydrogens (tertiary/aromatic N) is 2. The molecule has 2 heterocycles. The Hall–Kier alpha value is -0.940. The van der Waals surface area contributed by atoms with Crippen LogP contribution in [-0.2, 0) is 0 Å². The zero-order chi connectivity index (χ0) is 13.9. The fourth-order valence-electron chi connectivity index (χ4n) is 2.70. The lowest BCUT2D eigenvalue weighted by molar-refractivity contribution is 0.0727. The minimum atomic E-state index is 0.0677. The van der Waals surface area contributed by atoms with E-state index in [0.717, 1.165) is 24.1 Å². The van der Waals surface area contributed by atoms with E-state index in [1.54, 1.807) is 12.3 Å². The third-order valence-corrected chi connectivity index (χ3v) is 4.48. The highest BCUT2D eigenvalue weighted by molar-refractivity contribution is 9.10. The molecule has 1 unspecified atom stereocenters. The highest BCUT2D eigenvalue weighted by atomic mass is 79.9. The van der Waals surface area contributed by atoms with E-state index in [2.05, 4.69) is 26.2 Å². The second-order valence-corrected chi connectivity index (χ2v) is 6.72. The highest BCUT2D eigenvalue weighted by Crippen LogP contribution is 2.30. The molecular formula is C15H20BrN3O. The van der Waals surface area contributed by atoms with Crippen molar-refractivity contribution in [1.29, 1.82) is 0 Å². The summed E-state index contributed by atoms with van der Waals surface area (Å²) < 4.78 is 0.903. The topological polar surface area (TPSA) is 45.2 Å². The Labute approximate surface area is 128 Å². The fraction of sp³-hybridized carbons (Fsp3) is 0.600. The Balaban J connectivity index is 1.69. The first-order chi connectivity index (χ1) is 9.72. The predicted molar refractivity (Wildman–Crippen MR) is 81.6 cm³/mol. The van der Waals surface area contributed by atoms with Crippen molar-refractivity contribution in [2.24, 2.45) is 5.92 Å². The van der Waals surface area contributed by atoms with Gasteiger partial charge in [0.1, 0.15) is 5.69 Å². The number of amides is 1. The number of rotatable bonds is 5. The summed E-state index contributed by atoms with van der Waals surface area (Å²) in [5.74, 6) is 0.772. The minimum absolute atomic E-state index is 0.0677. The van der Waals surface area contributed by atoms with Gasteiger partial charge in [0.2, 0.25) is 0 Å². The molecule has 20 heavy (non-hydrogen) atoms. The molecule has 1 N–H and O–H groups in total. The number of carbonyl (C=O) groups excluding carboxylic acids is 1. The van der Waals surface area contributed by atoms with Gasteiger partial charge in [-0.3, -0.25) is 4.79 Å². The normalized spacial score (nSPS) is 21.9. The van der Waals surface area contributed by atoms with Gasteiger partial charge in [-0.15, -0.1) is 0 Å². The number of aromatic nitrogens is 1. The SMILES string of the molecule is O=C(c1ccc(Br)cn1)N(CC1CC1)CC1CCCN1. The minimum Gasteiger partial charge on any atom is -0.335 e. The average molecular weight is 338 g/mol. The van der Waals surface area contributed by atoms with Crippen LogP contribution in [0.4, 0.5) is 0 Å². The molecule has 1 saturated heterocycles. The zero-order valence-electron chi connectivity index (χ0n) is 11.5. The van der Waals surface area contributed by atoms with Crippen LogP contribution in [0.2, 0.25) is 0 Å². The summed E-state index contributed by atoms with van der Waals surface area (Å²) in [4.78, 5) is 18.9. The number of hydrogen-bond acceptors (Lipinski definition) is 3. The maximum Gasteiger partial charge on any atom is 0.272 e. The lowest BCUT2D eigenvalue weighted by Gasteiger charge is -2.25. The molecule has 108 valence electrons. The van der Waals surface area contributed by atoms with Crippen LogP contribution in [0.15, 0.2) is 22.8 Å². The lowest BCUT2D eigenvalue weighted by Crippen LogP contribution is -2.42. The smallest absolute Gasteiger partial charge is 0.272 e. The maximum absolute atomic E-state index is 12.6. The summed E-state index contributed by atoms with van der Waals surface area (Å²) in [5.41, 5.74) is 0.548. The van der Waals surface area contributed by atoms with Crippen molar-refractivity contribution >= 4 is 21.8 Å². The summed E-state index contributed by atoms with van der Waals surface area (Å²) in [7, 11) is 0. The molecule has 0 radical (unpaired) electrons. The number of hydrogen-bond donors (Lipinski definition) is 1. The van der Waals surface area contributed by atoms with E-state index in [-0.39, 0.29) is 5.91 Å². The molecule has 1 aliphatic carbocycles. The van der Waals surface area contributed by atoms with Gasteiger partial charge in [0.15, 0.2) is 0 Å². The summed E-state index contributed by atoms with van der Waals surface area (Å²) in [5, 5.41) is 3.47. The van der Waals surface area contributed by atoms with Gasteiger partial charge in [0, 0.05) is 29.8 Å². The van der Waals surface area contributed by atoms with Crippen LogP contribution in [0.3, 0.4) is 0 Å². The first-order valence-electron chi connectivity index (χ1n) is 7.36. The monoisotopic (exact) mass is 337 g/mol. The highest BCUT2D eigenvalue weighted by Gasteiger charge is 2.29. The third kappa shape index (κ3) is 3.58. The van der Waals surface area contributed by atoms with E-state index < -0.39 is 0 Å². The molecule has 0 aromatic carbocycles. The van der Waals surface area contributed by atoms with Gasteiger partial charge in [0.25, 0.3) is 5.91 Å². The quantitative estimate of drug-likeness (QED) is 0.897. The molecule has 2 aliphatic rings. The van der Waals surface area contributed by atoms with Crippen LogP contribution in [0, 0.1) is 5.92 Å². The molecule has 1 aromatic heterocycles. The zero-order valence-corrected chi connectivity index (χ0v) is 13.1. The Morgan fingerprint density at radius 3 is 2.80 bits per heavy atom. The molecule has 0 spiro atoms. The largest absolute Gasteiger partial charge is 0.335 e. The van der Waals surface area contributed by atoms with E-state index in [4.69, 9.17) is 0 Å². The molecule has 0 bridgehead atoms. The molecule has 2 fully saturated rings. The van der Waals surface area contributed by atoms with Gasteiger partial charge in [-0.2, -0.15) is 0 Å². The second kappa shape index (κ2) is 6.22. The molecule has 5 heteroatoms. The van der Waals surface area contributed by atoms with Crippen LogP contribution in [0.1, 0.15) is 36.2 Å². The van der Waals surface area contributed by atoms with Crippen LogP contribution in [-0.4, -0.2) is 41.5 Å². The number of halogens is 1. The number of pyridine rings is 1. The van der Waals surface area contributed by atoms with Crippen molar-refractivity contribution in [2.75, 3.05) is 19.6 Å².